The number of rotatable bonds is 8. The molecule has 0 amide bonds. The maximum Gasteiger partial charge on any atom is 0.293 e. The number of nitro groups is 1. The molecule has 2 aromatic carbocycles. The van der Waals surface area contributed by atoms with E-state index in [-0.39, 0.29) is 16.6 Å². The molecule has 0 atom stereocenters. The minimum absolute atomic E-state index is 0.131. The molecule has 1 saturated heterocycles. The van der Waals surface area contributed by atoms with Crippen LogP contribution in [0.5, 0.6) is 0 Å². The van der Waals surface area contributed by atoms with E-state index < -0.39 is 14.9 Å². The van der Waals surface area contributed by atoms with Crippen molar-refractivity contribution < 1.29 is 13.3 Å². The zero-order chi connectivity index (χ0) is 20.9. The van der Waals surface area contributed by atoms with E-state index in [2.05, 4.69) is 21.9 Å². The van der Waals surface area contributed by atoms with Crippen molar-refractivity contribution in [2.75, 3.05) is 29.7 Å². The Morgan fingerprint density at radius 3 is 2.45 bits per heavy atom. The van der Waals surface area contributed by atoms with E-state index >= 15 is 0 Å². The van der Waals surface area contributed by atoms with Crippen molar-refractivity contribution >= 4 is 27.1 Å². The number of benzene rings is 2. The van der Waals surface area contributed by atoms with Crippen LogP contribution in [-0.2, 0) is 10.0 Å². The maximum absolute atomic E-state index is 12.6. The number of nitro benzene ring substituents is 1. The molecule has 156 valence electrons. The number of nitrogens with zero attached hydrogens (tertiary/aromatic N) is 2. The third kappa shape index (κ3) is 5.45. The Morgan fingerprint density at radius 2 is 1.83 bits per heavy atom. The molecule has 2 aromatic rings. The summed E-state index contributed by atoms with van der Waals surface area (Å²) in [5, 5.41) is 14.8. The number of nitrogens with one attached hydrogen (secondary N) is 2. The Kier molecular flexibility index (Phi) is 6.71. The van der Waals surface area contributed by atoms with Gasteiger partial charge in [0.25, 0.3) is 15.7 Å². The summed E-state index contributed by atoms with van der Waals surface area (Å²) in [6.45, 7) is 5.11. The fourth-order valence-electron chi connectivity index (χ4n) is 3.51. The molecule has 1 aliphatic rings. The molecule has 8 nitrogen and oxygen atoms in total. The van der Waals surface area contributed by atoms with Crippen LogP contribution in [-0.4, -0.2) is 43.9 Å². The van der Waals surface area contributed by atoms with E-state index in [1.54, 1.807) is 30.3 Å². The summed E-state index contributed by atoms with van der Waals surface area (Å²) in [5.41, 5.74) is 0.510. The fourth-order valence-corrected chi connectivity index (χ4v) is 4.59. The SMILES string of the molecule is CCCN1CCC(Nc2ccc(S(=O)(=O)Nc3ccccc3)cc2[N+](=O)[O-])CC1. The lowest BCUT2D eigenvalue weighted by Crippen LogP contribution is -2.39. The molecule has 0 unspecified atom stereocenters. The lowest BCUT2D eigenvalue weighted by Gasteiger charge is -2.32. The van der Waals surface area contributed by atoms with Crippen LogP contribution in [0.2, 0.25) is 0 Å². The Morgan fingerprint density at radius 1 is 1.14 bits per heavy atom. The Balaban J connectivity index is 1.76. The first-order chi connectivity index (χ1) is 13.9. The zero-order valence-electron chi connectivity index (χ0n) is 16.4. The van der Waals surface area contributed by atoms with Gasteiger partial charge in [-0.2, -0.15) is 0 Å². The lowest BCUT2D eigenvalue weighted by molar-refractivity contribution is -0.384. The van der Waals surface area contributed by atoms with Crippen molar-refractivity contribution in [3.8, 4) is 0 Å². The summed E-state index contributed by atoms with van der Waals surface area (Å²) in [7, 11) is -3.92. The van der Waals surface area contributed by atoms with Gasteiger partial charge in [-0.15, -0.1) is 0 Å². The van der Waals surface area contributed by atoms with E-state index in [0.29, 0.717) is 11.4 Å². The molecule has 1 fully saturated rings. The van der Waals surface area contributed by atoms with Gasteiger partial charge in [0.2, 0.25) is 0 Å². The maximum atomic E-state index is 12.6. The zero-order valence-corrected chi connectivity index (χ0v) is 17.2. The summed E-state index contributed by atoms with van der Waals surface area (Å²) < 4.78 is 27.7. The quantitative estimate of drug-likeness (QED) is 0.500. The van der Waals surface area contributed by atoms with Gasteiger partial charge >= 0.3 is 0 Å². The third-order valence-corrected chi connectivity index (χ3v) is 6.37. The molecule has 1 aliphatic heterocycles. The molecule has 0 aliphatic carbocycles. The number of sulfonamides is 1. The monoisotopic (exact) mass is 418 g/mol. The minimum Gasteiger partial charge on any atom is -0.377 e. The molecular weight excluding hydrogens is 392 g/mol. The normalized spacial score (nSPS) is 15.8. The van der Waals surface area contributed by atoms with Crippen molar-refractivity contribution in [3.63, 3.8) is 0 Å². The average molecular weight is 419 g/mol. The Hall–Kier alpha value is -2.65. The molecule has 0 aromatic heterocycles. The van der Waals surface area contributed by atoms with E-state index in [9.17, 15) is 18.5 Å². The van der Waals surface area contributed by atoms with E-state index in [0.717, 1.165) is 45.0 Å². The summed E-state index contributed by atoms with van der Waals surface area (Å²) in [6.07, 6.45) is 2.90. The van der Waals surface area contributed by atoms with Crippen LogP contribution in [0.4, 0.5) is 17.1 Å². The van der Waals surface area contributed by atoms with Crippen LogP contribution in [0.1, 0.15) is 26.2 Å². The van der Waals surface area contributed by atoms with E-state index in [1.165, 1.54) is 12.1 Å². The van der Waals surface area contributed by atoms with Crippen molar-refractivity contribution in [1.82, 2.24) is 4.90 Å². The molecule has 0 spiro atoms. The molecular formula is C20H26N4O4S. The third-order valence-electron chi connectivity index (χ3n) is 4.99. The fraction of sp³-hybridized carbons (Fsp3) is 0.400. The lowest BCUT2D eigenvalue weighted by atomic mass is 10.0. The van der Waals surface area contributed by atoms with E-state index in [4.69, 9.17) is 0 Å². The van der Waals surface area contributed by atoms with Crippen molar-refractivity contribution in [3.05, 3.63) is 58.6 Å². The summed E-state index contributed by atoms with van der Waals surface area (Å²) in [4.78, 5) is 13.3. The average Bonchev–Trinajstić information content (AvgIpc) is 2.70. The number of hydrogen-bond acceptors (Lipinski definition) is 6. The predicted octanol–water partition coefficient (Wildman–Crippen LogP) is 3.68. The molecule has 1 heterocycles. The van der Waals surface area contributed by atoms with E-state index in [1.807, 2.05) is 0 Å². The number of hydrogen-bond donors (Lipinski definition) is 2. The van der Waals surface area contributed by atoms with Gasteiger partial charge in [-0.3, -0.25) is 14.8 Å². The highest BCUT2D eigenvalue weighted by atomic mass is 32.2. The molecule has 0 radical (unpaired) electrons. The number of likely N-dealkylation sites (tertiary alicyclic amines) is 1. The van der Waals surface area contributed by atoms with Gasteiger partial charge in [-0.1, -0.05) is 25.1 Å². The molecule has 9 heteroatoms. The summed E-state index contributed by atoms with van der Waals surface area (Å²) in [6, 6.07) is 12.5. The first-order valence-electron chi connectivity index (χ1n) is 9.74. The van der Waals surface area contributed by atoms with Crippen LogP contribution in [0.3, 0.4) is 0 Å². The summed E-state index contributed by atoms with van der Waals surface area (Å²) in [5.74, 6) is 0. The summed E-state index contributed by atoms with van der Waals surface area (Å²) >= 11 is 0. The van der Waals surface area contributed by atoms with Gasteiger partial charge in [0.05, 0.1) is 9.82 Å². The molecule has 3 rings (SSSR count). The molecule has 29 heavy (non-hydrogen) atoms. The van der Waals surface area contributed by atoms with Crippen LogP contribution in [0.15, 0.2) is 53.4 Å². The Labute approximate surface area is 171 Å². The standard InChI is InChI=1S/C20H26N4O4S/c1-2-12-23-13-10-16(11-14-23)21-19-9-8-18(15-20(19)24(25)26)29(27,28)22-17-6-4-3-5-7-17/h3-9,15-16,21-22H,2,10-14H2,1H3. The largest absolute Gasteiger partial charge is 0.377 e. The molecule has 0 bridgehead atoms. The van der Waals surface area contributed by atoms with Crippen LogP contribution in [0.25, 0.3) is 0 Å². The van der Waals surface area contributed by atoms with Crippen molar-refractivity contribution in [2.24, 2.45) is 0 Å². The Bertz CT molecular complexity index is 942. The number of piperidine rings is 1. The first-order valence-corrected chi connectivity index (χ1v) is 11.2. The first kappa shape index (κ1) is 21.1. The predicted molar refractivity (Wildman–Crippen MR) is 114 cm³/mol. The highest BCUT2D eigenvalue weighted by Crippen LogP contribution is 2.30. The second kappa shape index (κ2) is 9.23. The smallest absolute Gasteiger partial charge is 0.293 e. The molecule has 2 N–H and O–H groups in total. The van der Waals surface area contributed by atoms with Crippen LogP contribution >= 0.6 is 0 Å². The minimum atomic E-state index is -3.92. The van der Waals surface area contributed by atoms with Gasteiger partial charge in [0.15, 0.2) is 0 Å². The number of para-hydroxylation sites is 1. The second-order valence-electron chi connectivity index (χ2n) is 7.17. The van der Waals surface area contributed by atoms with Crippen molar-refractivity contribution in [2.45, 2.75) is 37.1 Å². The number of anilines is 2. The van der Waals surface area contributed by atoms with Gasteiger partial charge < -0.3 is 10.2 Å². The van der Waals surface area contributed by atoms with Crippen LogP contribution < -0.4 is 10.0 Å². The van der Waals surface area contributed by atoms with Gasteiger partial charge in [0, 0.05) is 30.9 Å². The van der Waals surface area contributed by atoms with Gasteiger partial charge in [0.1, 0.15) is 5.69 Å². The highest BCUT2D eigenvalue weighted by Gasteiger charge is 2.25. The topological polar surface area (TPSA) is 105 Å². The molecule has 0 saturated carbocycles. The second-order valence-corrected chi connectivity index (χ2v) is 8.85. The van der Waals surface area contributed by atoms with Crippen LogP contribution in [0, 0.1) is 10.1 Å². The van der Waals surface area contributed by atoms with Gasteiger partial charge in [-0.05, 0) is 50.1 Å². The van der Waals surface area contributed by atoms with Crippen molar-refractivity contribution in [1.29, 1.82) is 0 Å². The highest BCUT2D eigenvalue weighted by molar-refractivity contribution is 7.92. The van der Waals surface area contributed by atoms with Gasteiger partial charge in [-0.25, -0.2) is 8.42 Å².